The number of hydrazine groups is 1. The van der Waals surface area contributed by atoms with Crippen LogP contribution in [0.2, 0.25) is 0 Å². The first kappa shape index (κ1) is 17.3. The lowest BCUT2D eigenvalue weighted by Gasteiger charge is -2.30. The van der Waals surface area contributed by atoms with Crippen LogP contribution in [0.25, 0.3) is 0 Å². The van der Waals surface area contributed by atoms with Gasteiger partial charge in [0.15, 0.2) is 0 Å². The Labute approximate surface area is 165 Å². The van der Waals surface area contributed by atoms with E-state index in [1.54, 1.807) is 6.20 Å². The number of aliphatic hydroxyl groups is 1. The number of nitrogens with one attached hydrogen (secondary N) is 1. The van der Waals surface area contributed by atoms with Crippen molar-refractivity contribution in [2.75, 3.05) is 5.01 Å². The zero-order valence-corrected chi connectivity index (χ0v) is 16.0. The summed E-state index contributed by atoms with van der Waals surface area (Å²) in [5.74, 6) is 0.797. The van der Waals surface area contributed by atoms with Crippen molar-refractivity contribution >= 4 is 5.69 Å². The van der Waals surface area contributed by atoms with Gasteiger partial charge in [0, 0.05) is 23.9 Å². The Kier molecular flexibility index (Phi) is 4.29. The average molecular weight is 371 g/mol. The van der Waals surface area contributed by atoms with Crippen LogP contribution >= 0.6 is 0 Å². The maximum Gasteiger partial charge on any atom is 0.0813 e. The predicted octanol–water partition coefficient (Wildman–Crippen LogP) is 4.65. The van der Waals surface area contributed by atoms with Crippen molar-refractivity contribution in [3.63, 3.8) is 0 Å². The molecule has 3 aliphatic rings. The number of rotatable bonds is 4. The van der Waals surface area contributed by atoms with E-state index in [0.717, 1.165) is 30.5 Å². The summed E-state index contributed by atoms with van der Waals surface area (Å²) in [6.07, 6.45) is 10.7. The smallest absolute Gasteiger partial charge is 0.0813 e. The third-order valence-corrected chi connectivity index (χ3v) is 6.30. The lowest BCUT2D eigenvalue weighted by molar-refractivity contribution is 0.149. The number of allylic oxidation sites excluding steroid dienone is 4. The molecule has 3 atom stereocenters. The number of fused-ring (bicyclic) bond motifs is 1. The minimum absolute atomic E-state index is 0.361. The molecule has 28 heavy (non-hydrogen) atoms. The second kappa shape index (κ2) is 6.95. The second-order valence-corrected chi connectivity index (χ2v) is 7.91. The third kappa shape index (κ3) is 2.85. The Morgan fingerprint density at radius 3 is 2.86 bits per heavy atom. The number of hydrogen-bond donors (Lipinski definition) is 2. The van der Waals surface area contributed by atoms with Crippen LogP contribution in [0, 0.1) is 11.8 Å². The van der Waals surface area contributed by atoms with Crippen LogP contribution < -0.4 is 10.4 Å². The highest BCUT2D eigenvalue weighted by Gasteiger charge is 2.38. The van der Waals surface area contributed by atoms with Crippen LogP contribution in [0.3, 0.4) is 0 Å². The van der Waals surface area contributed by atoms with Crippen LogP contribution in [-0.2, 0) is 0 Å². The SMILES string of the molecule is C[C@H]1C2=CNN(c3cccnc3)C2=CC2=C1[C@@H](CC(O)c1ccccc1)CC2. The zero-order valence-electron chi connectivity index (χ0n) is 16.0. The van der Waals surface area contributed by atoms with Gasteiger partial charge in [0.25, 0.3) is 0 Å². The Bertz CT molecular complexity index is 962. The summed E-state index contributed by atoms with van der Waals surface area (Å²) in [6.45, 7) is 2.30. The molecule has 2 aromatic rings. The van der Waals surface area contributed by atoms with E-state index in [4.69, 9.17) is 0 Å². The summed E-state index contributed by atoms with van der Waals surface area (Å²) < 4.78 is 0. The van der Waals surface area contributed by atoms with Gasteiger partial charge in [-0.1, -0.05) is 42.8 Å². The molecule has 1 unspecified atom stereocenters. The van der Waals surface area contributed by atoms with E-state index in [1.807, 2.05) is 42.6 Å². The summed E-state index contributed by atoms with van der Waals surface area (Å²) in [5, 5.41) is 12.9. The van der Waals surface area contributed by atoms with Gasteiger partial charge in [0.2, 0.25) is 0 Å². The lowest BCUT2D eigenvalue weighted by atomic mass is 9.78. The molecule has 5 rings (SSSR count). The molecule has 2 N–H and O–H groups in total. The fourth-order valence-corrected chi connectivity index (χ4v) is 4.94. The minimum atomic E-state index is -0.404. The monoisotopic (exact) mass is 371 g/mol. The van der Waals surface area contributed by atoms with E-state index < -0.39 is 6.10 Å². The third-order valence-electron chi connectivity index (χ3n) is 6.30. The first-order chi connectivity index (χ1) is 13.7. The Balaban J connectivity index is 1.42. The Hall–Kier alpha value is -2.85. The maximum atomic E-state index is 10.8. The molecular formula is C24H25N3O. The van der Waals surface area contributed by atoms with Crippen molar-refractivity contribution < 1.29 is 5.11 Å². The number of aliphatic hydroxyl groups excluding tert-OH is 1. The highest BCUT2D eigenvalue weighted by molar-refractivity contribution is 5.64. The van der Waals surface area contributed by atoms with Gasteiger partial charge in [0.05, 0.1) is 23.7 Å². The largest absolute Gasteiger partial charge is 0.388 e. The molecule has 1 aliphatic heterocycles. The molecule has 2 heterocycles. The highest BCUT2D eigenvalue weighted by atomic mass is 16.3. The minimum Gasteiger partial charge on any atom is -0.388 e. The van der Waals surface area contributed by atoms with Gasteiger partial charge >= 0.3 is 0 Å². The molecule has 1 aromatic heterocycles. The Morgan fingerprint density at radius 1 is 1.21 bits per heavy atom. The molecule has 0 fully saturated rings. The van der Waals surface area contributed by atoms with Gasteiger partial charge in [0.1, 0.15) is 0 Å². The first-order valence-electron chi connectivity index (χ1n) is 10.1. The van der Waals surface area contributed by atoms with Gasteiger partial charge in [-0.25, -0.2) is 0 Å². The summed E-state index contributed by atoms with van der Waals surface area (Å²) in [6, 6.07) is 14.1. The molecule has 4 heteroatoms. The fraction of sp³-hybridized carbons (Fsp3) is 0.292. The maximum absolute atomic E-state index is 10.8. The number of anilines is 1. The van der Waals surface area contributed by atoms with E-state index >= 15 is 0 Å². The van der Waals surface area contributed by atoms with E-state index in [2.05, 4.69) is 40.7 Å². The van der Waals surface area contributed by atoms with Gasteiger partial charge < -0.3 is 10.5 Å². The standard InChI is InChI=1S/C24H25N3O/c1-16-21-15-26-27(20-8-5-11-25-14-20)22(21)12-18-9-10-19(24(16)18)13-23(28)17-6-3-2-4-7-17/h2-8,11-12,14-16,19,23,26,28H,9-10,13H2,1H3/t16-,19+,23?/m0/s1. The van der Waals surface area contributed by atoms with Crippen LogP contribution in [0.4, 0.5) is 5.69 Å². The summed E-state index contributed by atoms with van der Waals surface area (Å²) >= 11 is 0. The zero-order chi connectivity index (χ0) is 19.1. The quantitative estimate of drug-likeness (QED) is 0.821. The summed E-state index contributed by atoms with van der Waals surface area (Å²) in [4.78, 5) is 4.25. The fourth-order valence-electron chi connectivity index (χ4n) is 4.94. The van der Waals surface area contributed by atoms with E-state index in [0.29, 0.717) is 11.8 Å². The lowest BCUT2D eigenvalue weighted by Crippen LogP contribution is -2.30. The number of nitrogens with zero attached hydrogens (tertiary/aromatic N) is 2. The predicted molar refractivity (Wildman–Crippen MR) is 111 cm³/mol. The summed E-state index contributed by atoms with van der Waals surface area (Å²) in [5.41, 5.74) is 11.0. The van der Waals surface area contributed by atoms with Crippen molar-refractivity contribution in [1.29, 1.82) is 0 Å². The highest BCUT2D eigenvalue weighted by Crippen LogP contribution is 2.49. The summed E-state index contributed by atoms with van der Waals surface area (Å²) in [7, 11) is 0. The van der Waals surface area contributed by atoms with Crippen LogP contribution in [0.5, 0.6) is 0 Å². The van der Waals surface area contributed by atoms with Crippen LogP contribution in [0.15, 0.2) is 89.6 Å². The van der Waals surface area contributed by atoms with E-state index in [1.165, 1.54) is 22.4 Å². The normalized spacial score (nSPS) is 24.3. The van der Waals surface area contributed by atoms with Gasteiger partial charge in [-0.15, -0.1) is 0 Å². The first-order valence-corrected chi connectivity index (χ1v) is 10.1. The molecule has 142 valence electrons. The van der Waals surface area contributed by atoms with Gasteiger partial charge in [-0.3, -0.25) is 9.99 Å². The van der Waals surface area contributed by atoms with Crippen LogP contribution in [-0.4, -0.2) is 10.1 Å². The van der Waals surface area contributed by atoms with Crippen molar-refractivity contribution in [2.24, 2.45) is 11.8 Å². The van der Waals surface area contributed by atoms with E-state index in [-0.39, 0.29) is 0 Å². The van der Waals surface area contributed by atoms with Gasteiger partial charge in [-0.2, -0.15) is 0 Å². The second-order valence-electron chi connectivity index (χ2n) is 7.91. The number of benzene rings is 1. The van der Waals surface area contributed by atoms with E-state index in [9.17, 15) is 5.11 Å². The van der Waals surface area contributed by atoms with Crippen molar-refractivity contribution in [1.82, 2.24) is 10.4 Å². The van der Waals surface area contributed by atoms with Crippen molar-refractivity contribution in [3.05, 3.63) is 95.1 Å². The van der Waals surface area contributed by atoms with Crippen molar-refractivity contribution in [3.8, 4) is 0 Å². The molecule has 0 amide bonds. The molecule has 1 aromatic carbocycles. The van der Waals surface area contributed by atoms with Crippen LogP contribution in [0.1, 0.15) is 37.9 Å². The van der Waals surface area contributed by atoms with Gasteiger partial charge in [-0.05, 0) is 54.5 Å². The molecule has 2 aliphatic carbocycles. The molecule has 4 nitrogen and oxygen atoms in total. The molecule has 0 saturated carbocycles. The molecule has 0 spiro atoms. The number of hydrogen-bond acceptors (Lipinski definition) is 4. The topological polar surface area (TPSA) is 48.4 Å². The molecule has 0 saturated heterocycles. The number of aromatic nitrogens is 1. The molecular weight excluding hydrogens is 346 g/mol. The molecule has 0 bridgehead atoms. The average Bonchev–Trinajstić information content (AvgIpc) is 3.34. The van der Waals surface area contributed by atoms with Crippen molar-refractivity contribution in [2.45, 2.75) is 32.3 Å². The Morgan fingerprint density at radius 2 is 2.07 bits per heavy atom. The number of pyridine rings is 1. The molecule has 0 radical (unpaired) electrons.